The number of hydrogen-bond acceptors (Lipinski definition) is 6. The molecular weight excluding hydrogens is 370 g/mol. The number of fused-ring (bicyclic) bond motifs is 1. The molecule has 3 aromatic rings. The summed E-state index contributed by atoms with van der Waals surface area (Å²) >= 11 is 1.47. The quantitative estimate of drug-likeness (QED) is 0.677. The molecule has 0 unspecified atom stereocenters. The van der Waals surface area contributed by atoms with Crippen LogP contribution in [-0.2, 0) is 6.54 Å². The van der Waals surface area contributed by atoms with Gasteiger partial charge in [-0.2, -0.15) is 0 Å². The van der Waals surface area contributed by atoms with Gasteiger partial charge in [0, 0.05) is 44.8 Å². The lowest BCUT2D eigenvalue weighted by molar-refractivity contribution is 0.0830. The van der Waals surface area contributed by atoms with Gasteiger partial charge in [0.2, 0.25) is 0 Å². The molecule has 1 aliphatic heterocycles. The third kappa shape index (κ3) is 3.64. The minimum Gasteiger partial charge on any atom is -0.344 e. The number of aryl methyl sites for hydroxylation is 1. The van der Waals surface area contributed by atoms with E-state index in [-0.39, 0.29) is 5.91 Å². The molecule has 3 aromatic heterocycles. The van der Waals surface area contributed by atoms with Gasteiger partial charge in [0.1, 0.15) is 10.3 Å². The molecule has 0 radical (unpaired) electrons. The highest BCUT2D eigenvalue weighted by atomic mass is 32.1. The van der Waals surface area contributed by atoms with Crippen molar-refractivity contribution in [3.05, 3.63) is 52.4 Å². The van der Waals surface area contributed by atoms with Gasteiger partial charge >= 0.3 is 0 Å². The van der Waals surface area contributed by atoms with Gasteiger partial charge in [-0.05, 0) is 50.4 Å². The van der Waals surface area contributed by atoms with Crippen LogP contribution in [0.2, 0.25) is 0 Å². The molecule has 1 aliphatic rings. The molecule has 4 rings (SSSR count). The van der Waals surface area contributed by atoms with E-state index in [4.69, 9.17) is 0 Å². The fourth-order valence-electron chi connectivity index (χ4n) is 3.86. The number of likely N-dealkylation sites (tertiary alicyclic amines) is 1. The van der Waals surface area contributed by atoms with Crippen molar-refractivity contribution in [2.45, 2.75) is 32.2 Å². The van der Waals surface area contributed by atoms with Crippen LogP contribution < -0.4 is 0 Å². The number of hydrogen-bond donors (Lipinski definition) is 0. The maximum atomic E-state index is 12.8. The van der Waals surface area contributed by atoms with Crippen molar-refractivity contribution >= 4 is 27.6 Å². The molecule has 0 bridgehead atoms. The van der Waals surface area contributed by atoms with Crippen LogP contribution >= 0.6 is 11.3 Å². The molecule has 1 amide bonds. The summed E-state index contributed by atoms with van der Waals surface area (Å²) in [6.07, 6.45) is 7.32. The Balaban J connectivity index is 1.56. The van der Waals surface area contributed by atoms with Gasteiger partial charge < -0.3 is 4.90 Å². The van der Waals surface area contributed by atoms with Crippen molar-refractivity contribution in [3.8, 4) is 0 Å². The van der Waals surface area contributed by atoms with Gasteiger partial charge in [-0.25, -0.2) is 4.98 Å². The van der Waals surface area contributed by atoms with Crippen LogP contribution in [0.15, 0.2) is 30.7 Å². The molecule has 7 heteroatoms. The summed E-state index contributed by atoms with van der Waals surface area (Å²) in [7, 11) is 3.60. The topological polar surface area (TPSA) is 62.2 Å². The normalized spacial score (nSPS) is 15.8. The van der Waals surface area contributed by atoms with Crippen LogP contribution in [0.25, 0.3) is 10.3 Å². The fraction of sp³-hybridized carbons (Fsp3) is 0.429. The van der Waals surface area contributed by atoms with E-state index in [2.05, 4.69) is 32.8 Å². The smallest absolute Gasteiger partial charge is 0.263 e. The fourth-order valence-corrected chi connectivity index (χ4v) is 5.07. The van der Waals surface area contributed by atoms with E-state index in [0.29, 0.717) is 5.92 Å². The zero-order valence-electron chi connectivity index (χ0n) is 16.6. The number of pyridine rings is 1. The maximum Gasteiger partial charge on any atom is 0.263 e. The first-order chi connectivity index (χ1) is 13.5. The number of carbonyl (C=O) groups excluding carboxylic acids is 1. The summed E-state index contributed by atoms with van der Waals surface area (Å²) < 4.78 is 0. The standard InChI is InChI=1S/C21H25N5OS/c1-14-5-4-8-22-16(14)13-26-11-6-15(7-12-26)17-18-20(24-10-9-23-18)28-19(17)21(27)25(2)3/h4-5,8-10,15H,6-7,11-13H2,1-3H3. The Hall–Kier alpha value is -2.38. The molecule has 0 aliphatic carbocycles. The second kappa shape index (κ2) is 7.93. The third-order valence-electron chi connectivity index (χ3n) is 5.45. The second-order valence-electron chi connectivity index (χ2n) is 7.57. The number of carbonyl (C=O) groups is 1. The number of amides is 1. The monoisotopic (exact) mass is 395 g/mol. The molecule has 0 saturated carbocycles. The zero-order valence-corrected chi connectivity index (χ0v) is 17.4. The van der Waals surface area contributed by atoms with Crippen LogP contribution in [0, 0.1) is 6.92 Å². The van der Waals surface area contributed by atoms with E-state index in [9.17, 15) is 4.79 Å². The van der Waals surface area contributed by atoms with E-state index in [1.807, 2.05) is 12.3 Å². The summed E-state index contributed by atoms with van der Waals surface area (Å²) in [6.45, 7) is 4.99. The first-order valence-corrected chi connectivity index (χ1v) is 10.4. The van der Waals surface area contributed by atoms with Gasteiger partial charge in [0.15, 0.2) is 0 Å². The molecular formula is C21H25N5OS. The van der Waals surface area contributed by atoms with E-state index in [1.165, 1.54) is 16.9 Å². The molecule has 0 spiro atoms. The first-order valence-electron chi connectivity index (χ1n) is 9.62. The number of aromatic nitrogens is 3. The summed E-state index contributed by atoms with van der Waals surface area (Å²) in [4.78, 5) is 32.1. The SMILES string of the molecule is Cc1cccnc1CN1CCC(c2c(C(=O)N(C)C)sc3nccnc23)CC1. The van der Waals surface area contributed by atoms with Gasteiger partial charge in [-0.1, -0.05) is 6.07 Å². The molecule has 146 valence electrons. The summed E-state index contributed by atoms with van der Waals surface area (Å²) in [5, 5.41) is 0. The van der Waals surface area contributed by atoms with Crippen LogP contribution in [0.3, 0.4) is 0 Å². The lowest BCUT2D eigenvalue weighted by Crippen LogP contribution is -2.33. The molecule has 0 N–H and O–H groups in total. The Morgan fingerprint density at radius 1 is 1.18 bits per heavy atom. The lowest BCUT2D eigenvalue weighted by Gasteiger charge is -2.32. The molecule has 0 atom stereocenters. The largest absolute Gasteiger partial charge is 0.344 e. The van der Waals surface area contributed by atoms with Crippen molar-refractivity contribution in [1.82, 2.24) is 24.8 Å². The molecule has 1 saturated heterocycles. The number of piperidine rings is 1. The van der Waals surface area contributed by atoms with Crippen LogP contribution in [0.4, 0.5) is 0 Å². The van der Waals surface area contributed by atoms with Crippen molar-refractivity contribution in [1.29, 1.82) is 0 Å². The Morgan fingerprint density at radius 2 is 1.93 bits per heavy atom. The first kappa shape index (κ1) is 19.0. The van der Waals surface area contributed by atoms with Gasteiger partial charge in [-0.15, -0.1) is 11.3 Å². The zero-order chi connectivity index (χ0) is 19.7. The van der Waals surface area contributed by atoms with Gasteiger partial charge in [0.05, 0.1) is 10.6 Å². The van der Waals surface area contributed by atoms with Crippen LogP contribution in [0.5, 0.6) is 0 Å². The average Bonchev–Trinajstić information content (AvgIpc) is 3.09. The van der Waals surface area contributed by atoms with E-state index in [1.54, 1.807) is 31.4 Å². The number of rotatable bonds is 4. The number of thiophene rings is 1. The average molecular weight is 396 g/mol. The van der Waals surface area contributed by atoms with E-state index < -0.39 is 0 Å². The molecule has 0 aromatic carbocycles. The Labute approximate surface area is 169 Å². The van der Waals surface area contributed by atoms with Crippen molar-refractivity contribution < 1.29 is 4.79 Å². The minimum absolute atomic E-state index is 0.0475. The number of nitrogens with zero attached hydrogens (tertiary/aromatic N) is 5. The lowest BCUT2D eigenvalue weighted by atomic mass is 9.88. The highest BCUT2D eigenvalue weighted by Gasteiger charge is 2.30. The van der Waals surface area contributed by atoms with Gasteiger partial charge in [0.25, 0.3) is 5.91 Å². The highest BCUT2D eigenvalue weighted by Crippen LogP contribution is 2.39. The predicted molar refractivity (Wildman–Crippen MR) is 112 cm³/mol. The summed E-state index contributed by atoms with van der Waals surface area (Å²) in [6, 6.07) is 4.10. The predicted octanol–water partition coefficient (Wildman–Crippen LogP) is 3.48. The summed E-state index contributed by atoms with van der Waals surface area (Å²) in [5.41, 5.74) is 4.39. The molecule has 28 heavy (non-hydrogen) atoms. The van der Waals surface area contributed by atoms with Crippen LogP contribution in [-0.4, -0.2) is 57.8 Å². The van der Waals surface area contributed by atoms with Crippen molar-refractivity contribution in [2.24, 2.45) is 0 Å². The second-order valence-corrected chi connectivity index (χ2v) is 8.57. The minimum atomic E-state index is 0.0475. The Kier molecular flexibility index (Phi) is 5.37. The summed E-state index contributed by atoms with van der Waals surface area (Å²) in [5.74, 6) is 0.386. The highest BCUT2D eigenvalue weighted by molar-refractivity contribution is 7.20. The molecule has 4 heterocycles. The van der Waals surface area contributed by atoms with Crippen molar-refractivity contribution in [3.63, 3.8) is 0 Å². The third-order valence-corrected chi connectivity index (χ3v) is 6.54. The van der Waals surface area contributed by atoms with E-state index >= 15 is 0 Å². The maximum absolute atomic E-state index is 12.8. The van der Waals surface area contributed by atoms with Crippen LogP contribution in [0.1, 0.15) is 45.3 Å². The molecule has 6 nitrogen and oxygen atoms in total. The Bertz CT molecular complexity index is 991. The molecule has 1 fully saturated rings. The van der Waals surface area contributed by atoms with Crippen molar-refractivity contribution in [2.75, 3.05) is 27.2 Å². The Morgan fingerprint density at radius 3 is 2.64 bits per heavy atom. The van der Waals surface area contributed by atoms with Gasteiger partial charge in [-0.3, -0.25) is 19.7 Å². The van der Waals surface area contributed by atoms with E-state index in [0.717, 1.165) is 59.0 Å².